The van der Waals surface area contributed by atoms with Crippen LogP contribution >= 0.6 is 0 Å². The molecule has 110 valence electrons. The van der Waals surface area contributed by atoms with Gasteiger partial charge in [-0.1, -0.05) is 6.07 Å². The number of anilines is 1. The topological polar surface area (TPSA) is 51.0 Å². The monoisotopic (exact) mass is 290 g/mol. The van der Waals surface area contributed by atoms with Crippen LogP contribution in [-0.4, -0.2) is 31.4 Å². The summed E-state index contributed by atoms with van der Waals surface area (Å²) in [5.74, 6) is -1.03. The SMILES string of the molecule is [C-]#[N+]c1ccc(N2CC[C@H]2C(=O)CCC(=O)OC)c(F)c1. The molecule has 0 N–H and O–H groups in total. The predicted molar refractivity (Wildman–Crippen MR) is 74.7 cm³/mol. The molecular formula is C15H15FN2O3. The second-order valence-electron chi connectivity index (χ2n) is 4.79. The average Bonchev–Trinajstić information content (AvgIpc) is 2.45. The molecule has 21 heavy (non-hydrogen) atoms. The molecule has 0 amide bonds. The van der Waals surface area contributed by atoms with Crippen LogP contribution in [0.25, 0.3) is 4.85 Å². The zero-order valence-corrected chi connectivity index (χ0v) is 11.6. The van der Waals surface area contributed by atoms with Gasteiger partial charge in [0.1, 0.15) is 5.82 Å². The molecule has 6 heteroatoms. The average molecular weight is 290 g/mol. The Kier molecular flexibility index (Phi) is 4.53. The van der Waals surface area contributed by atoms with Crippen molar-refractivity contribution in [2.75, 3.05) is 18.6 Å². The number of carbonyl (C=O) groups is 2. The van der Waals surface area contributed by atoms with Gasteiger partial charge >= 0.3 is 5.97 Å². The normalized spacial score (nSPS) is 16.8. The molecule has 1 aliphatic heterocycles. The maximum absolute atomic E-state index is 13.9. The zero-order chi connectivity index (χ0) is 15.4. The first-order valence-corrected chi connectivity index (χ1v) is 6.60. The molecule has 1 aromatic rings. The summed E-state index contributed by atoms with van der Waals surface area (Å²) in [5.41, 5.74) is 0.551. The van der Waals surface area contributed by atoms with E-state index in [1.807, 2.05) is 0 Å². The first-order chi connectivity index (χ1) is 10.1. The summed E-state index contributed by atoms with van der Waals surface area (Å²) in [4.78, 5) is 27.9. The van der Waals surface area contributed by atoms with Crippen molar-refractivity contribution in [3.8, 4) is 0 Å². The van der Waals surface area contributed by atoms with E-state index in [0.29, 0.717) is 18.7 Å². The maximum atomic E-state index is 13.9. The Labute approximate surface area is 122 Å². The van der Waals surface area contributed by atoms with Gasteiger partial charge in [-0.05, 0) is 18.6 Å². The first kappa shape index (κ1) is 15.0. The molecule has 0 aromatic heterocycles. The van der Waals surface area contributed by atoms with Gasteiger partial charge in [0.25, 0.3) is 0 Å². The Hall–Kier alpha value is -2.42. The van der Waals surface area contributed by atoms with Crippen LogP contribution in [0.1, 0.15) is 19.3 Å². The van der Waals surface area contributed by atoms with Crippen LogP contribution in [0.5, 0.6) is 0 Å². The Balaban J connectivity index is 2.04. The van der Waals surface area contributed by atoms with E-state index >= 15 is 0 Å². The highest BCUT2D eigenvalue weighted by Crippen LogP contribution is 2.32. The van der Waals surface area contributed by atoms with Crippen molar-refractivity contribution in [1.82, 2.24) is 0 Å². The molecular weight excluding hydrogens is 275 g/mol. The predicted octanol–water partition coefficient (Wildman–Crippen LogP) is 2.48. The van der Waals surface area contributed by atoms with Crippen molar-refractivity contribution in [3.05, 3.63) is 35.4 Å². The molecule has 1 atom stereocenters. The minimum atomic E-state index is -0.506. The number of rotatable bonds is 5. The maximum Gasteiger partial charge on any atom is 0.305 e. The molecule has 0 spiro atoms. The lowest BCUT2D eigenvalue weighted by Gasteiger charge is -2.42. The van der Waals surface area contributed by atoms with Crippen molar-refractivity contribution in [1.29, 1.82) is 0 Å². The molecule has 1 fully saturated rings. The highest BCUT2D eigenvalue weighted by Gasteiger charge is 2.35. The van der Waals surface area contributed by atoms with Crippen LogP contribution in [0.15, 0.2) is 18.2 Å². The quantitative estimate of drug-likeness (QED) is 0.617. The molecule has 5 nitrogen and oxygen atoms in total. The van der Waals surface area contributed by atoms with E-state index in [2.05, 4.69) is 9.58 Å². The first-order valence-electron chi connectivity index (χ1n) is 6.60. The van der Waals surface area contributed by atoms with Gasteiger partial charge in [-0.3, -0.25) is 9.59 Å². The number of hydrogen-bond donors (Lipinski definition) is 0. The standard InChI is InChI=1S/C15H15FN2O3/c1-17-10-3-4-12(11(16)9-10)18-8-7-13(18)14(19)5-6-15(20)21-2/h3-4,9,13H,5-8H2,2H3/t13-/m0/s1. The van der Waals surface area contributed by atoms with Crippen molar-refractivity contribution >= 4 is 23.1 Å². The van der Waals surface area contributed by atoms with E-state index in [1.165, 1.54) is 19.2 Å². The van der Waals surface area contributed by atoms with Crippen LogP contribution in [0.4, 0.5) is 15.8 Å². The largest absolute Gasteiger partial charge is 0.469 e. The Bertz CT molecular complexity index is 609. The van der Waals surface area contributed by atoms with Crippen molar-refractivity contribution in [2.24, 2.45) is 0 Å². The minimum Gasteiger partial charge on any atom is -0.469 e. The van der Waals surface area contributed by atoms with Crippen LogP contribution < -0.4 is 4.90 Å². The smallest absolute Gasteiger partial charge is 0.305 e. The summed E-state index contributed by atoms with van der Waals surface area (Å²) < 4.78 is 18.4. The van der Waals surface area contributed by atoms with Gasteiger partial charge in [0, 0.05) is 13.0 Å². The fourth-order valence-corrected chi connectivity index (χ4v) is 2.30. The highest BCUT2D eigenvalue weighted by molar-refractivity contribution is 5.91. The van der Waals surface area contributed by atoms with Crippen molar-refractivity contribution < 1.29 is 18.7 Å². The number of halogens is 1. The lowest BCUT2D eigenvalue weighted by Crippen LogP contribution is -2.53. The van der Waals surface area contributed by atoms with Crippen molar-refractivity contribution in [3.63, 3.8) is 0 Å². The number of Topliss-reactive ketones (excluding diaryl/α,β-unsaturated/α-hetero) is 1. The van der Waals surface area contributed by atoms with Crippen molar-refractivity contribution in [2.45, 2.75) is 25.3 Å². The number of ether oxygens (including phenoxy) is 1. The Morgan fingerprint density at radius 1 is 1.48 bits per heavy atom. The molecule has 0 aliphatic carbocycles. The summed E-state index contributed by atoms with van der Waals surface area (Å²) in [7, 11) is 1.27. The van der Waals surface area contributed by atoms with Gasteiger partial charge in [0.05, 0.1) is 31.8 Å². The number of ketones is 1. The van der Waals surface area contributed by atoms with Crippen LogP contribution in [0, 0.1) is 12.4 Å². The van der Waals surface area contributed by atoms with Gasteiger partial charge in [0.15, 0.2) is 11.5 Å². The van der Waals surface area contributed by atoms with E-state index < -0.39 is 17.8 Å². The highest BCUT2D eigenvalue weighted by atomic mass is 19.1. The second kappa shape index (κ2) is 6.35. The third-order valence-corrected chi connectivity index (χ3v) is 3.56. The zero-order valence-electron chi connectivity index (χ0n) is 11.6. The van der Waals surface area contributed by atoms with Crippen LogP contribution in [-0.2, 0) is 14.3 Å². The summed E-state index contributed by atoms with van der Waals surface area (Å²) in [6, 6.07) is 3.81. The molecule has 1 aliphatic rings. The fourth-order valence-electron chi connectivity index (χ4n) is 2.30. The number of nitrogens with zero attached hydrogens (tertiary/aromatic N) is 2. The fraction of sp³-hybridized carbons (Fsp3) is 0.400. The van der Waals surface area contributed by atoms with Crippen LogP contribution in [0.3, 0.4) is 0 Å². The molecule has 0 unspecified atom stereocenters. The molecule has 0 bridgehead atoms. The van der Waals surface area contributed by atoms with E-state index in [0.717, 1.165) is 6.07 Å². The van der Waals surface area contributed by atoms with Gasteiger partial charge in [0.2, 0.25) is 0 Å². The third-order valence-electron chi connectivity index (χ3n) is 3.56. The van der Waals surface area contributed by atoms with E-state index in [4.69, 9.17) is 6.57 Å². The number of esters is 1. The summed E-state index contributed by atoms with van der Waals surface area (Å²) in [6.45, 7) is 7.43. The van der Waals surface area contributed by atoms with E-state index in [-0.39, 0.29) is 24.3 Å². The molecule has 1 saturated heterocycles. The number of methoxy groups -OCH3 is 1. The Morgan fingerprint density at radius 2 is 2.24 bits per heavy atom. The van der Waals surface area contributed by atoms with Gasteiger partial charge in [-0.2, -0.15) is 0 Å². The minimum absolute atomic E-state index is 0.0405. The summed E-state index contributed by atoms with van der Waals surface area (Å²) >= 11 is 0. The molecule has 0 radical (unpaired) electrons. The second-order valence-corrected chi connectivity index (χ2v) is 4.79. The summed E-state index contributed by atoms with van der Waals surface area (Å²) in [6.07, 6.45) is 0.776. The third kappa shape index (κ3) is 3.19. The van der Waals surface area contributed by atoms with E-state index in [1.54, 1.807) is 4.90 Å². The number of benzene rings is 1. The Morgan fingerprint density at radius 3 is 2.76 bits per heavy atom. The van der Waals surface area contributed by atoms with Gasteiger partial charge < -0.3 is 9.64 Å². The van der Waals surface area contributed by atoms with Gasteiger partial charge in [-0.15, -0.1) is 0 Å². The van der Waals surface area contributed by atoms with E-state index in [9.17, 15) is 14.0 Å². The summed E-state index contributed by atoms with van der Waals surface area (Å²) in [5, 5.41) is 0. The molecule has 2 rings (SSSR count). The molecule has 1 heterocycles. The number of carbonyl (C=O) groups excluding carboxylic acids is 2. The molecule has 1 aromatic carbocycles. The van der Waals surface area contributed by atoms with Crippen LogP contribution in [0.2, 0.25) is 0 Å². The van der Waals surface area contributed by atoms with Gasteiger partial charge in [-0.25, -0.2) is 9.24 Å². The lowest BCUT2D eigenvalue weighted by molar-refractivity contribution is -0.142. The number of hydrogen-bond acceptors (Lipinski definition) is 4. The lowest BCUT2D eigenvalue weighted by atomic mass is 9.94. The molecule has 0 saturated carbocycles.